The molecule has 1 saturated heterocycles. The second kappa shape index (κ2) is 15.1. The predicted molar refractivity (Wildman–Crippen MR) is 180 cm³/mol. The summed E-state index contributed by atoms with van der Waals surface area (Å²) in [4.78, 5) is 42.3. The number of aromatic nitrogens is 1. The van der Waals surface area contributed by atoms with Crippen molar-refractivity contribution < 1.29 is 32.1 Å². The minimum Gasteiger partial charge on any atom is -0.480 e. The summed E-state index contributed by atoms with van der Waals surface area (Å²) < 4.78 is 42.1. The average molecular weight is 733 g/mol. The molecule has 0 bridgehead atoms. The Hall–Kier alpha value is -3.87. The topological polar surface area (TPSA) is 187 Å². The van der Waals surface area contributed by atoms with Crippen molar-refractivity contribution in [1.29, 1.82) is 5.26 Å². The van der Waals surface area contributed by atoms with Gasteiger partial charge in [-0.3, -0.25) is 18.8 Å². The second-order valence-electron chi connectivity index (χ2n) is 11.6. The summed E-state index contributed by atoms with van der Waals surface area (Å²) in [5.74, 6) is -2.75. The summed E-state index contributed by atoms with van der Waals surface area (Å²) in [6.45, 7) is -0.179. The number of anilines is 1. The summed E-state index contributed by atoms with van der Waals surface area (Å²) >= 11 is 12.1. The van der Waals surface area contributed by atoms with Gasteiger partial charge in [0, 0.05) is 47.1 Å². The summed E-state index contributed by atoms with van der Waals surface area (Å²) in [6, 6.07) is 10.8. The first-order chi connectivity index (χ1) is 22.9. The first-order valence-electron chi connectivity index (χ1n) is 15.0. The fourth-order valence-electron chi connectivity index (χ4n) is 5.94. The third-order valence-corrected chi connectivity index (χ3v) is 13.0. The largest absolute Gasteiger partial charge is 0.480 e. The van der Waals surface area contributed by atoms with E-state index >= 15 is 0 Å². The maximum absolute atomic E-state index is 13.8. The Labute approximate surface area is 290 Å². The van der Waals surface area contributed by atoms with Gasteiger partial charge in [-0.25, -0.2) is 13.2 Å². The fraction of sp³-hybridized carbons (Fsp3) is 0.344. The molecule has 1 aliphatic carbocycles. The van der Waals surface area contributed by atoms with Gasteiger partial charge in [0.25, 0.3) is 5.91 Å². The van der Waals surface area contributed by atoms with E-state index in [9.17, 15) is 37.4 Å². The normalized spacial score (nSPS) is 19.7. The number of halogens is 2. The minimum atomic E-state index is -4.33. The van der Waals surface area contributed by atoms with Crippen molar-refractivity contribution in [3.63, 3.8) is 0 Å². The maximum Gasteiger partial charge on any atom is 0.326 e. The van der Waals surface area contributed by atoms with Crippen LogP contribution in [0.25, 0.3) is 0 Å². The van der Waals surface area contributed by atoms with Crippen molar-refractivity contribution in [3.8, 4) is 6.07 Å². The van der Waals surface area contributed by atoms with E-state index in [4.69, 9.17) is 23.2 Å². The first kappa shape index (κ1) is 35.4. The van der Waals surface area contributed by atoms with Gasteiger partial charge in [0.2, 0.25) is 15.9 Å². The SMILES string of the molecule is N#Cc1cccc(S(=O)(=O)N2C[C@H](S(=O)C3CCCC3)C[C@H]2C(=O)N[C@@H](Cc2ccc(NC(=O)c3c(Cl)cncc3Cl)cc2)C(=O)O)c1. The van der Waals surface area contributed by atoms with E-state index in [1.165, 1.54) is 36.7 Å². The van der Waals surface area contributed by atoms with Gasteiger partial charge in [-0.2, -0.15) is 9.57 Å². The molecule has 16 heteroatoms. The van der Waals surface area contributed by atoms with Crippen LogP contribution in [-0.2, 0) is 36.8 Å². The lowest BCUT2D eigenvalue weighted by Crippen LogP contribution is -2.51. The molecule has 4 atom stereocenters. The van der Waals surface area contributed by atoms with Crippen LogP contribution in [0.3, 0.4) is 0 Å². The van der Waals surface area contributed by atoms with E-state index in [1.807, 2.05) is 6.07 Å². The molecule has 1 saturated carbocycles. The summed E-state index contributed by atoms with van der Waals surface area (Å²) in [7, 11) is -5.73. The van der Waals surface area contributed by atoms with E-state index in [-0.39, 0.29) is 50.7 Å². The zero-order chi connectivity index (χ0) is 34.6. The number of rotatable bonds is 11. The Morgan fingerprint density at radius 3 is 2.35 bits per heavy atom. The molecule has 1 unspecified atom stereocenters. The molecule has 1 aromatic heterocycles. The second-order valence-corrected chi connectivity index (χ2v) is 16.3. The molecule has 0 spiro atoms. The highest BCUT2D eigenvalue weighted by Crippen LogP contribution is 2.34. The summed E-state index contributed by atoms with van der Waals surface area (Å²) in [5, 5.41) is 23.9. The van der Waals surface area contributed by atoms with E-state index in [0.717, 1.165) is 30.0 Å². The first-order valence-corrected chi connectivity index (χ1v) is 18.5. The van der Waals surface area contributed by atoms with Gasteiger partial charge in [0.1, 0.15) is 12.1 Å². The van der Waals surface area contributed by atoms with Crippen LogP contribution in [0.4, 0.5) is 5.69 Å². The Balaban J connectivity index is 1.33. The van der Waals surface area contributed by atoms with Crippen molar-refractivity contribution in [2.45, 2.75) is 66.0 Å². The van der Waals surface area contributed by atoms with Gasteiger partial charge in [-0.1, -0.05) is 54.2 Å². The molecule has 5 rings (SSSR count). The number of nitriles is 1. The molecular formula is C32H31Cl2N5O7S2. The molecular weight excluding hydrogens is 701 g/mol. The van der Waals surface area contributed by atoms with Crippen LogP contribution in [0.15, 0.2) is 65.8 Å². The number of hydrogen-bond acceptors (Lipinski definition) is 8. The molecule has 12 nitrogen and oxygen atoms in total. The highest BCUT2D eigenvalue weighted by Gasteiger charge is 2.47. The molecule has 1 aliphatic heterocycles. The van der Waals surface area contributed by atoms with Crippen LogP contribution in [0, 0.1) is 11.3 Å². The third-order valence-electron chi connectivity index (χ3n) is 8.40. The van der Waals surface area contributed by atoms with Gasteiger partial charge in [0.15, 0.2) is 0 Å². The van der Waals surface area contributed by atoms with Crippen molar-refractivity contribution >= 4 is 67.5 Å². The molecule has 252 valence electrons. The number of hydrogen-bond donors (Lipinski definition) is 3. The number of sulfonamides is 1. The Bertz CT molecular complexity index is 1880. The summed E-state index contributed by atoms with van der Waals surface area (Å²) in [6.07, 6.45) is 5.74. The quantitative estimate of drug-likeness (QED) is 0.261. The van der Waals surface area contributed by atoms with E-state index in [2.05, 4.69) is 15.6 Å². The molecule has 2 aliphatic rings. The van der Waals surface area contributed by atoms with Gasteiger partial charge in [-0.15, -0.1) is 0 Å². The number of pyridine rings is 1. The number of carbonyl (C=O) groups excluding carboxylic acids is 2. The Morgan fingerprint density at radius 2 is 1.73 bits per heavy atom. The molecule has 2 aromatic carbocycles. The zero-order valence-corrected chi connectivity index (χ0v) is 28.5. The number of carboxylic acid groups (broad SMARTS) is 1. The van der Waals surface area contributed by atoms with Crippen molar-refractivity contribution in [3.05, 3.63) is 87.7 Å². The smallest absolute Gasteiger partial charge is 0.326 e. The number of carbonyl (C=O) groups is 3. The lowest BCUT2D eigenvalue weighted by Gasteiger charge is -2.25. The monoisotopic (exact) mass is 731 g/mol. The molecule has 2 heterocycles. The Morgan fingerprint density at radius 1 is 1.06 bits per heavy atom. The average Bonchev–Trinajstić information content (AvgIpc) is 3.77. The lowest BCUT2D eigenvalue weighted by atomic mass is 10.0. The zero-order valence-electron chi connectivity index (χ0n) is 25.3. The highest BCUT2D eigenvalue weighted by molar-refractivity contribution is 7.89. The minimum absolute atomic E-state index is 0.0427. The molecule has 0 radical (unpaired) electrons. The van der Waals surface area contributed by atoms with E-state index in [1.54, 1.807) is 24.3 Å². The highest BCUT2D eigenvalue weighted by atomic mass is 35.5. The number of amides is 2. The van der Waals surface area contributed by atoms with Crippen LogP contribution in [-0.4, -0.2) is 73.9 Å². The number of nitrogens with zero attached hydrogens (tertiary/aromatic N) is 3. The van der Waals surface area contributed by atoms with Gasteiger partial charge in [0.05, 0.1) is 37.4 Å². The number of carboxylic acids is 1. The van der Waals surface area contributed by atoms with Crippen molar-refractivity contribution in [2.24, 2.45) is 0 Å². The van der Waals surface area contributed by atoms with Crippen LogP contribution >= 0.6 is 23.2 Å². The van der Waals surface area contributed by atoms with Crippen LogP contribution in [0.2, 0.25) is 10.0 Å². The third kappa shape index (κ3) is 7.88. The van der Waals surface area contributed by atoms with Crippen LogP contribution < -0.4 is 10.6 Å². The number of benzene rings is 2. The lowest BCUT2D eigenvalue weighted by molar-refractivity contribution is -0.142. The molecule has 3 N–H and O–H groups in total. The molecule has 2 fully saturated rings. The van der Waals surface area contributed by atoms with E-state index < -0.39 is 55.9 Å². The van der Waals surface area contributed by atoms with Gasteiger partial charge >= 0.3 is 5.97 Å². The van der Waals surface area contributed by atoms with Gasteiger partial charge in [-0.05, 0) is 55.2 Å². The predicted octanol–water partition coefficient (Wildman–Crippen LogP) is 4.15. The van der Waals surface area contributed by atoms with E-state index in [0.29, 0.717) is 11.3 Å². The summed E-state index contributed by atoms with van der Waals surface area (Å²) in [5.41, 5.74) is 1.03. The fourth-order valence-corrected chi connectivity index (χ4v) is 10.3. The van der Waals surface area contributed by atoms with Crippen LogP contribution in [0.5, 0.6) is 0 Å². The van der Waals surface area contributed by atoms with Crippen molar-refractivity contribution in [2.75, 3.05) is 11.9 Å². The number of aliphatic carboxylic acids is 1. The van der Waals surface area contributed by atoms with Gasteiger partial charge < -0.3 is 15.7 Å². The van der Waals surface area contributed by atoms with Crippen LogP contribution in [0.1, 0.15) is 53.6 Å². The maximum atomic E-state index is 13.8. The molecule has 48 heavy (non-hydrogen) atoms. The Kier molecular flexibility index (Phi) is 11.2. The number of nitrogens with one attached hydrogen (secondary N) is 2. The molecule has 2 amide bonds. The molecule has 3 aromatic rings. The standard InChI is InChI=1S/C32H31Cl2N5O7S2/c33-25-16-36-17-26(34)29(25)31(41)37-21-10-8-19(9-11-21)13-27(32(42)43)38-30(40)28-14-23(47(44)22-5-1-2-6-22)18-39(28)48(45,46)24-7-3-4-20(12-24)15-35/h3-4,7-12,16-17,22-23,27-28H,1-2,5-6,13-14,18H2,(H,37,41)(H,38,40)(H,42,43)/t23-,27+,28+,47?/m1/s1. The van der Waals surface area contributed by atoms with Crippen molar-refractivity contribution in [1.82, 2.24) is 14.6 Å².